The van der Waals surface area contributed by atoms with Crippen LogP contribution in [0.5, 0.6) is 0 Å². The Morgan fingerprint density at radius 1 is 1.53 bits per heavy atom. The fourth-order valence-electron chi connectivity index (χ4n) is 2.11. The predicted molar refractivity (Wildman–Crippen MR) is 68.0 cm³/mol. The van der Waals surface area contributed by atoms with Crippen molar-refractivity contribution in [1.29, 1.82) is 0 Å². The summed E-state index contributed by atoms with van der Waals surface area (Å²) in [5, 5.41) is 3.95. The summed E-state index contributed by atoms with van der Waals surface area (Å²) in [6.45, 7) is 4.87. The van der Waals surface area contributed by atoms with Crippen LogP contribution in [0.25, 0.3) is 0 Å². The molecule has 2 N–H and O–H groups in total. The third-order valence-corrected chi connectivity index (χ3v) is 2.88. The first-order chi connectivity index (χ1) is 7.78. The van der Waals surface area contributed by atoms with E-state index in [-0.39, 0.29) is 12.4 Å². The van der Waals surface area contributed by atoms with E-state index in [4.69, 9.17) is 10.3 Å². The van der Waals surface area contributed by atoms with Crippen molar-refractivity contribution in [3.63, 3.8) is 0 Å². The van der Waals surface area contributed by atoms with Crippen LogP contribution in [-0.2, 0) is 13.0 Å². The van der Waals surface area contributed by atoms with Crippen LogP contribution in [-0.4, -0.2) is 34.2 Å². The molecular weight excluding hydrogens is 240 g/mol. The second-order valence-corrected chi connectivity index (χ2v) is 4.49. The van der Waals surface area contributed by atoms with Crippen molar-refractivity contribution < 1.29 is 4.52 Å². The van der Waals surface area contributed by atoms with Gasteiger partial charge in [0.25, 0.3) is 0 Å². The first-order valence-corrected chi connectivity index (χ1v) is 6.07. The molecular formula is C11H21ClN4O. The quantitative estimate of drug-likeness (QED) is 0.886. The van der Waals surface area contributed by atoms with E-state index >= 15 is 0 Å². The number of halogens is 1. The number of aryl methyl sites for hydroxylation is 1. The van der Waals surface area contributed by atoms with E-state index < -0.39 is 0 Å². The summed E-state index contributed by atoms with van der Waals surface area (Å²) in [6.07, 6.45) is 4.23. The van der Waals surface area contributed by atoms with Crippen molar-refractivity contribution in [3.05, 3.63) is 11.7 Å². The summed E-state index contributed by atoms with van der Waals surface area (Å²) in [4.78, 5) is 6.65. The second kappa shape index (κ2) is 6.93. The van der Waals surface area contributed by atoms with Crippen molar-refractivity contribution >= 4 is 12.4 Å². The van der Waals surface area contributed by atoms with E-state index in [1.54, 1.807) is 0 Å². The first-order valence-electron chi connectivity index (χ1n) is 6.07. The molecule has 0 radical (unpaired) electrons. The molecule has 0 amide bonds. The minimum absolute atomic E-state index is 0. The van der Waals surface area contributed by atoms with Gasteiger partial charge in [0.1, 0.15) is 0 Å². The Balaban J connectivity index is 0.00000144. The Hall–Kier alpha value is -0.650. The minimum Gasteiger partial charge on any atom is -0.338 e. The number of aromatic nitrogens is 2. The Bertz CT molecular complexity index is 331. The van der Waals surface area contributed by atoms with Gasteiger partial charge in [-0.15, -0.1) is 12.4 Å². The number of piperidine rings is 1. The zero-order valence-corrected chi connectivity index (χ0v) is 11.1. The molecule has 1 aliphatic rings. The lowest BCUT2D eigenvalue weighted by atomic mass is 10.1. The van der Waals surface area contributed by atoms with Gasteiger partial charge in [-0.05, 0) is 25.8 Å². The number of hydrogen-bond acceptors (Lipinski definition) is 5. The zero-order chi connectivity index (χ0) is 11.4. The Morgan fingerprint density at radius 2 is 2.35 bits per heavy atom. The minimum atomic E-state index is 0. The molecule has 1 aromatic rings. The molecule has 1 fully saturated rings. The molecule has 6 heteroatoms. The predicted octanol–water partition coefficient (Wildman–Crippen LogP) is 1.37. The van der Waals surface area contributed by atoms with Crippen LogP contribution >= 0.6 is 12.4 Å². The maximum absolute atomic E-state index is 5.92. The molecule has 2 rings (SSSR count). The molecule has 5 nitrogen and oxygen atoms in total. The summed E-state index contributed by atoms with van der Waals surface area (Å²) in [7, 11) is 0. The number of hydrogen-bond donors (Lipinski definition) is 1. The van der Waals surface area contributed by atoms with Crippen LogP contribution in [0.15, 0.2) is 4.52 Å². The Kier molecular flexibility index (Phi) is 5.88. The lowest BCUT2D eigenvalue weighted by Gasteiger charge is -2.29. The van der Waals surface area contributed by atoms with Gasteiger partial charge >= 0.3 is 0 Å². The second-order valence-electron chi connectivity index (χ2n) is 4.49. The topological polar surface area (TPSA) is 68.2 Å². The summed E-state index contributed by atoms with van der Waals surface area (Å²) in [6, 6.07) is 0.298. The number of nitrogens with two attached hydrogens (primary N) is 1. The van der Waals surface area contributed by atoms with Gasteiger partial charge in [0, 0.05) is 19.0 Å². The fraction of sp³-hybridized carbons (Fsp3) is 0.818. The molecule has 2 heterocycles. The summed E-state index contributed by atoms with van der Waals surface area (Å²) in [5.41, 5.74) is 5.92. The number of rotatable bonds is 4. The molecule has 98 valence electrons. The summed E-state index contributed by atoms with van der Waals surface area (Å²) >= 11 is 0. The van der Waals surface area contributed by atoms with Crippen LogP contribution in [0, 0.1) is 0 Å². The van der Waals surface area contributed by atoms with E-state index in [1.165, 1.54) is 0 Å². The van der Waals surface area contributed by atoms with Crippen LogP contribution in [0.3, 0.4) is 0 Å². The van der Waals surface area contributed by atoms with Crippen molar-refractivity contribution in [2.24, 2.45) is 5.73 Å². The molecule has 1 atom stereocenters. The first kappa shape index (κ1) is 14.4. The highest BCUT2D eigenvalue weighted by molar-refractivity contribution is 5.85. The van der Waals surface area contributed by atoms with E-state index in [1.807, 2.05) is 0 Å². The monoisotopic (exact) mass is 260 g/mol. The maximum atomic E-state index is 5.92. The highest BCUT2D eigenvalue weighted by Gasteiger charge is 2.18. The molecule has 1 aromatic heterocycles. The van der Waals surface area contributed by atoms with Gasteiger partial charge in [-0.1, -0.05) is 12.1 Å². The van der Waals surface area contributed by atoms with E-state index in [0.717, 1.165) is 57.0 Å². The van der Waals surface area contributed by atoms with Gasteiger partial charge in [0.2, 0.25) is 5.89 Å². The van der Waals surface area contributed by atoms with Gasteiger partial charge in [0.15, 0.2) is 5.82 Å². The molecule has 0 bridgehead atoms. The van der Waals surface area contributed by atoms with Gasteiger partial charge in [-0.2, -0.15) is 4.98 Å². The average molecular weight is 261 g/mol. The molecule has 0 spiro atoms. The lowest BCUT2D eigenvalue weighted by Crippen LogP contribution is -2.42. The highest BCUT2D eigenvalue weighted by atomic mass is 35.5. The molecule has 1 aliphatic heterocycles. The summed E-state index contributed by atoms with van der Waals surface area (Å²) < 4.78 is 5.21. The van der Waals surface area contributed by atoms with Crippen molar-refractivity contribution in [3.8, 4) is 0 Å². The van der Waals surface area contributed by atoms with Gasteiger partial charge < -0.3 is 10.3 Å². The van der Waals surface area contributed by atoms with E-state index in [0.29, 0.717) is 6.04 Å². The fourth-order valence-corrected chi connectivity index (χ4v) is 2.11. The maximum Gasteiger partial charge on any atom is 0.240 e. The number of likely N-dealkylation sites (tertiary alicyclic amines) is 1. The van der Waals surface area contributed by atoms with Crippen LogP contribution in [0.4, 0.5) is 0 Å². The molecule has 0 saturated carbocycles. The lowest BCUT2D eigenvalue weighted by molar-refractivity contribution is 0.178. The standard InChI is InChI=1S/C11H20N4O.ClH/c1-2-4-10-13-11(16-14-10)8-15-6-3-5-9(12)7-15;/h9H,2-8,12H2,1H3;1H/t9-;/m1./s1. The Morgan fingerprint density at radius 3 is 3.06 bits per heavy atom. The van der Waals surface area contributed by atoms with Crippen LogP contribution in [0.1, 0.15) is 37.9 Å². The zero-order valence-electron chi connectivity index (χ0n) is 10.3. The Labute approximate surface area is 108 Å². The van der Waals surface area contributed by atoms with E-state index in [2.05, 4.69) is 22.0 Å². The van der Waals surface area contributed by atoms with Gasteiger partial charge in [-0.3, -0.25) is 4.90 Å². The van der Waals surface area contributed by atoms with Crippen molar-refractivity contribution in [1.82, 2.24) is 15.0 Å². The van der Waals surface area contributed by atoms with Crippen molar-refractivity contribution in [2.75, 3.05) is 13.1 Å². The van der Waals surface area contributed by atoms with Crippen LogP contribution < -0.4 is 5.73 Å². The number of nitrogens with zero attached hydrogens (tertiary/aromatic N) is 3. The highest BCUT2D eigenvalue weighted by Crippen LogP contribution is 2.11. The summed E-state index contributed by atoms with van der Waals surface area (Å²) in [5.74, 6) is 1.54. The SMILES string of the molecule is CCCc1noc(CN2CCC[C@@H](N)C2)n1.Cl. The third kappa shape index (κ3) is 4.26. The molecule has 0 unspecified atom stereocenters. The normalized spacial score (nSPS) is 21.2. The largest absolute Gasteiger partial charge is 0.338 e. The van der Waals surface area contributed by atoms with E-state index in [9.17, 15) is 0 Å². The van der Waals surface area contributed by atoms with Crippen molar-refractivity contribution in [2.45, 2.75) is 45.2 Å². The van der Waals surface area contributed by atoms with Gasteiger partial charge in [0.05, 0.1) is 6.54 Å². The smallest absolute Gasteiger partial charge is 0.240 e. The molecule has 1 saturated heterocycles. The molecule has 0 aromatic carbocycles. The molecule has 0 aliphatic carbocycles. The molecule has 17 heavy (non-hydrogen) atoms. The average Bonchev–Trinajstić information content (AvgIpc) is 2.66. The van der Waals surface area contributed by atoms with Gasteiger partial charge in [-0.25, -0.2) is 0 Å². The van der Waals surface area contributed by atoms with Crippen LogP contribution in [0.2, 0.25) is 0 Å². The third-order valence-electron chi connectivity index (χ3n) is 2.88.